The first-order valence-electron chi connectivity index (χ1n) is 7.44. The highest BCUT2D eigenvalue weighted by atomic mass is 16.1. The number of aromatic nitrogens is 3. The summed E-state index contributed by atoms with van der Waals surface area (Å²) in [7, 11) is 3.53. The highest BCUT2D eigenvalue weighted by molar-refractivity contribution is 5.84. The molecule has 0 saturated carbocycles. The van der Waals surface area contributed by atoms with Gasteiger partial charge in [0.25, 0.3) is 0 Å². The van der Waals surface area contributed by atoms with Crippen molar-refractivity contribution in [2.75, 3.05) is 17.7 Å². The quantitative estimate of drug-likeness (QED) is 0.543. The minimum atomic E-state index is -0.235. The molecule has 0 bridgehead atoms. The number of aromatic amines is 1. The first-order chi connectivity index (χ1) is 11.6. The normalized spacial score (nSPS) is 10.4. The number of H-pyrrole nitrogens is 1. The maximum absolute atomic E-state index is 12.1. The molecule has 1 aromatic carbocycles. The van der Waals surface area contributed by atoms with Crippen LogP contribution in [0.2, 0.25) is 0 Å². The van der Waals surface area contributed by atoms with Gasteiger partial charge in [-0.25, -0.2) is 0 Å². The maximum Gasteiger partial charge on any atom is 0.194 e. The lowest BCUT2D eigenvalue weighted by Crippen LogP contribution is -2.14. The largest absolute Gasteiger partial charge is 0.374 e. The minimum Gasteiger partial charge on any atom is -0.374 e. The van der Waals surface area contributed by atoms with Gasteiger partial charge in [-0.15, -0.1) is 0 Å². The molecule has 2 heterocycles. The molecule has 4 N–H and O–H groups in total. The lowest BCUT2D eigenvalue weighted by Gasteiger charge is -2.10. The van der Waals surface area contributed by atoms with Crippen LogP contribution in [-0.2, 0) is 7.05 Å². The molecule has 7 nitrogen and oxygen atoms in total. The van der Waals surface area contributed by atoms with Gasteiger partial charge in [0.1, 0.15) is 17.5 Å². The summed E-state index contributed by atoms with van der Waals surface area (Å²) in [6.07, 6.45) is 1.03. The number of nitrogens with one attached hydrogen (secondary N) is 4. The van der Waals surface area contributed by atoms with Gasteiger partial charge in [-0.1, -0.05) is 30.3 Å². The first kappa shape index (κ1) is 15.5. The van der Waals surface area contributed by atoms with E-state index in [-0.39, 0.29) is 11.0 Å². The van der Waals surface area contributed by atoms with Gasteiger partial charge in [-0.05, 0) is 0 Å². The molecule has 0 aliphatic rings. The molecule has 3 aromatic rings. The number of hydrogen-bond donors (Lipinski definition) is 4. The highest BCUT2D eigenvalue weighted by Crippen LogP contribution is 2.23. The van der Waals surface area contributed by atoms with Gasteiger partial charge in [-0.2, -0.15) is 5.10 Å². The van der Waals surface area contributed by atoms with Gasteiger partial charge < -0.3 is 21.0 Å². The second-order valence-corrected chi connectivity index (χ2v) is 5.26. The molecule has 0 radical (unpaired) electrons. The van der Waals surface area contributed by atoms with Crippen molar-refractivity contribution in [3.8, 4) is 11.3 Å². The lowest BCUT2D eigenvalue weighted by atomic mass is 10.1. The van der Waals surface area contributed by atoms with Gasteiger partial charge in [0.2, 0.25) is 0 Å². The molecular weight excluding hydrogens is 304 g/mol. The number of benzene rings is 1. The Hall–Kier alpha value is -3.35. The van der Waals surface area contributed by atoms with E-state index in [9.17, 15) is 4.79 Å². The van der Waals surface area contributed by atoms with Gasteiger partial charge in [0.05, 0.1) is 11.3 Å². The number of anilines is 3. The van der Waals surface area contributed by atoms with Gasteiger partial charge in [0, 0.05) is 38.0 Å². The van der Waals surface area contributed by atoms with Crippen molar-refractivity contribution < 1.29 is 0 Å². The van der Waals surface area contributed by atoms with Crippen molar-refractivity contribution in [1.29, 1.82) is 5.41 Å². The van der Waals surface area contributed by atoms with Crippen molar-refractivity contribution in [2.45, 2.75) is 0 Å². The second kappa shape index (κ2) is 6.41. The van der Waals surface area contributed by atoms with Crippen molar-refractivity contribution in [3.05, 3.63) is 58.3 Å². The van der Waals surface area contributed by atoms with Crippen LogP contribution in [0.4, 0.5) is 17.5 Å². The van der Waals surface area contributed by atoms with Crippen molar-refractivity contribution in [2.24, 2.45) is 7.05 Å². The predicted molar refractivity (Wildman–Crippen MR) is 96.4 cm³/mol. The monoisotopic (exact) mass is 322 g/mol. The van der Waals surface area contributed by atoms with E-state index in [0.29, 0.717) is 11.6 Å². The number of nitrogens with zero attached hydrogens (tertiary/aromatic N) is 2. The average Bonchev–Trinajstić information content (AvgIpc) is 2.96. The standard InChI is InChI=1S/C17H18N6O/c1-19-17-12(10-18)14(24)9-15(21-17)20-16-8-13(22-23(16)2)11-6-4-3-5-7-11/h3-10,18H,1-2H3,(H3,19,20,21,24). The summed E-state index contributed by atoms with van der Waals surface area (Å²) >= 11 is 0. The zero-order chi connectivity index (χ0) is 17.1. The van der Waals surface area contributed by atoms with E-state index in [1.54, 1.807) is 11.7 Å². The molecule has 0 aliphatic heterocycles. The Labute approximate surface area is 138 Å². The van der Waals surface area contributed by atoms with E-state index < -0.39 is 0 Å². The van der Waals surface area contributed by atoms with Crippen LogP contribution in [0.3, 0.4) is 0 Å². The molecule has 0 fully saturated rings. The molecule has 0 atom stereocenters. The number of pyridine rings is 1. The van der Waals surface area contributed by atoms with Gasteiger partial charge in [0.15, 0.2) is 5.43 Å². The smallest absolute Gasteiger partial charge is 0.194 e. The maximum atomic E-state index is 12.1. The summed E-state index contributed by atoms with van der Waals surface area (Å²) in [5.74, 6) is 1.76. The number of aryl methyl sites for hydroxylation is 1. The molecule has 122 valence electrons. The van der Waals surface area contributed by atoms with Crippen LogP contribution in [0.5, 0.6) is 0 Å². The molecule has 3 rings (SSSR count). The van der Waals surface area contributed by atoms with Gasteiger partial charge in [-0.3, -0.25) is 9.48 Å². The zero-order valence-electron chi connectivity index (χ0n) is 13.4. The Morgan fingerprint density at radius 1 is 1.25 bits per heavy atom. The fourth-order valence-electron chi connectivity index (χ4n) is 2.45. The van der Waals surface area contributed by atoms with Crippen LogP contribution < -0.4 is 16.1 Å². The average molecular weight is 322 g/mol. The zero-order valence-corrected chi connectivity index (χ0v) is 13.4. The van der Waals surface area contributed by atoms with Crippen molar-refractivity contribution in [1.82, 2.24) is 14.8 Å². The molecule has 7 heteroatoms. The van der Waals surface area contributed by atoms with Crippen molar-refractivity contribution >= 4 is 23.7 Å². The molecule has 0 spiro atoms. The van der Waals surface area contributed by atoms with Crippen LogP contribution >= 0.6 is 0 Å². The summed E-state index contributed by atoms with van der Waals surface area (Å²) in [6, 6.07) is 13.2. The Balaban J connectivity index is 1.95. The summed E-state index contributed by atoms with van der Waals surface area (Å²) in [4.78, 5) is 15.1. The van der Waals surface area contributed by atoms with E-state index in [2.05, 4.69) is 20.7 Å². The van der Waals surface area contributed by atoms with Gasteiger partial charge >= 0.3 is 0 Å². The van der Waals surface area contributed by atoms with E-state index in [0.717, 1.165) is 23.3 Å². The summed E-state index contributed by atoms with van der Waals surface area (Å²) < 4.78 is 1.71. The van der Waals surface area contributed by atoms with Crippen molar-refractivity contribution in [3.63, 3.8) is 0 Å². The van der Waals surface area contributed by atoms with Crippen LogP contribution in [0.25, 0.3) is 11.3 Å². The molecule has 2 aromatic heterocycles. The highest BCUT2D eigenvalue weighted by Gasteiger charge is 2.10. The first-order valence-corrected chi connectivity index (χ1v) is 7.44. The fourth-order valence-corrected chi connectivity index (χ4v) is 2.45. The van der Waals surface area contributed by atoms with Crippen LogP contribution in [0.15, 0.2) is 47.3 Å². The molecule has 0 amide bonds. The lowest BCUT2D eigenvalue weighted by molar-refractivity contribution is 0.779. The predicted octanol–water partition coefficient (Wildman–Crippen LogP) is 2.56. The summed E-state index contributed by atoms with van der Waals surface area (Å²) in [5.41, 5.74) is 1.91. The van der Waals surface area contributed by atoms with E-state index in [1.807, 2.05) is 43.4 Å². The third-order valence-electron chi connectivity index (χ3n) is 3.68. The number of rotatable bonds is 5. The SMILES string of the molecule is CNc1[nH]c(Nc2cc(-c3ccccc3)nn2C)cc(=O)c1C=N. The summed E-state index contributed by atoms with van der Waals surface area (Å²) in [5, 5.41) is 17.9. The Bertz CT molecular complexity index is 926. The topological polar surface area (TPSA) is 98.6 Å². The van der Waals surface area contributed by atoms with Crippen LogP contribution in [-0.4, -0.2) is 28.0 Å². The Kier molecular flexibility index (Phi) is 4.15. The molecular formula is C17H18N6O. The van der Waals surface area contributed by atoms with Crippen LogP contribution in [0.1, 0.15) is 5.56 Å². The molecule has 0 aliphatic carbocycles. The number of hydrogen-bond acceptors (Lipinski definition) is 5. The molecule has 0 saturated heterocycles. The van der Waals surface area contributed by atoms with E-state index in [1.165, 1.54) is 6.07 Å². The fraction of sp³-hybridized carbons (Fsp3) is 0.118. The van der Waals surface area contributed by atoms with E-state index in [4.69, 9.17) is 5.41 Å². The Morgan fingerprint density at radius 2 is 2.00 bits per heavy atom. The third-order valence-corrected chi connectivity index (χ3v) is 3.68. The third kappa shape index (κ3) is 2.91. The Morgan fingerprint density at radius 3 is 2.67 bits per heavy atom. The molecule has 0 unspecified atom stereocenters. The second-order valence-electron chi connectivity index (χ2n) is 5.26. The van der Waals surface area contributed by atoms with E-state index >= 15 is 0 Å². The van der Waals surface area contributed by atoms with Crippen LogP contribution in [0, 0.1) is 5.41 Å². The minimum absolute atomic E-state index is 0.235. The summed E-state index contributed by atoms with van der Waals surface area (Å²) in [6.45, 7) is 0. The molecule has 24 heavy (non-hydrogen) atoms.